The van der Waals surface area contributed by atoms with Gasteiger partial charge in [0.05, 0.1) is 5.69 Å². The van der Waals surface area contributed by atoms with E-state index in [9.17, 15) is 22.8 Å². The monoisotopic (exact) mass is 405 g/mol. The van der Waals surface area contributed by atoms with Crippen molar-refractivity contribution in [1.82, 2.24) is 9.78 Å². The van der Waals surface area contributed by atoms with Gasteiger partial charge in [-0.2, -0.15) is 8.78 Å². The maximum atomic E-state index is 13.1. The first-order chi connectivity index (χ1) is 13.8. The number of nitrogens with zero attached hydrogens (tertiary/aromatic N) is 1. The lowest BCUT2D eigenvalue weighted by Crippen LogP contribution is -2.19. The Balaban J connectivity index is 1.63. The van der Waals surface area contributed by atoms with Crippen LogP contribution in [0.15, 0.2) is 53.3 Å². The topological polar surface area (TPSA) is 76.1 Å². The third kappa shape index (κ3) is 5.07. The molecule has 0 radical (unpaired) electrons. The summed E-state index contributed by atoms with van der Waals surface area (Å²) >= 11 is 0. The molecule has 0 aliphatic rings. The Bertz CT molecular complexity index is 1040. The van der Waals surface area contributed by atoms with E-state index in [-0.39, 0.29) is 30.1 Å². The van der Waals surface area contributed by atoms with Crippen LogP contribution >= 0.6 is 0 Å². The zero-order chi connectivity index (χ0) is 21.0. The highest BCUT2D eigenvalue weighted by molar-refractivity contribution is 5.90. The average Bonchev–Trinajstić information content (AvgIpc) is 2.96. The molecule has 0 saturated heterocycles. The second-order valence-corrected chi connectivity index (χ2v) is 6.28. The Hall–Kier alpha value is -3.49. The molecule has 0 saturated carbocycles. The van der Waals surface area contributed by atoms with E-state index >= 15 is 0 Å². The molecular weight excluding hydrogens is 387 g/mol. The number of rotatable bonds is 7. The van der Waals surface area contributed by atoms with Gasteiger partial charge >= 0.3 is 6.61 Å². The van der Waals surface area contributed by atoms with Crippen LogP contribution in [0.25, 0.3) is 5.69 Å². The third-order valence-electron chi connectivity index (χ3n) is 4.24. The van der Waals surface area contributed by atoms with Crippen molar-refractivity contribution in [3.8, 4) is 11.4 Å². The number of H-pyrrole nitrogens is 1. The number of carbonyl (C=O) groups is 1. The number of alkyl halides is 2. The minimum atomic E-state index is -2.92. The molecule has 2 N–H and O–H groups in total. The second kappa shape index (κ2) is 8.68. The fraction of sp³-hybridized carbons (Fsp3) is 0.200. The minimum absolute atomic E-state index is 0.0118. The molecule has 0 unspecified atom stereocenters. The average molecular weight is 405 g/mol. The number of hydrogen-bond donors (Lipinski definition) is 2. The molecule has 1 heterocycles. The highest BCUT2D eigenvalue weighted by Gasteiger charge is 2.14. The van der Waals surface area contributed by atoms with Gasteiger partial charge in [-0.15, -0.1) is 0 Å². The van der Waals surface area contributed by atoms with Crippen molar-refractivity contribution in [3.05, 3.63) is 76.0 Å². The first-order valence-corrected chi connectivity index (χ1v) is 8.74. The van der Waals surface area contributed by atoms with Crippen molar-refractivity contribution >= 4 is 11.6 Å². The summed E-state index contributed by atoms with van der Waals surface area (Å²) in [6.07, 6.45) is 0.250. The Morgan fingerprint density at radius 1 is 1.14 bits per heavy atom. The molecule has 1 aromatic heterocycles. The van der Waals surface area contributed by atoms with Gasteiger partial charge in [0.2, 0.25) is 5.91 Å². The summed E-state index contributed by atoms with van der Waals surface area (Å²) < 4.78 is 42.9. The molecule has 6 nitrogen and oxygen atoms in total. The van der Waals surface area contributed by atoms with Crippen LogP contribution in [-0.4, -0.2) is 22.3 Å². The fourth-order valence-electron chi connectivity index (χ4n) is 2.83. The van der Waals surface area contributed by atoms with Crippen LogP contribution < -0.4 is 15.6 Å². The van der Waals surface area contributed by atoms with E-state index in [0.717, 1.165) is 0 Å². The normalized spacial score (nSPS) is 10.9. The van der Waals surface area contributed by atoms with Crippen LogP contribution in [0.4, 0.5) is 18.9 Å². The minimum Gasteiger partial charge on any atom is -0.435 e. The van der Waals surface area contributed by atoms with Gasteiger partial charge in [-0.1, -0.05) is 0 Å². The number of carbonyl (C=O) groups excluding carboxylic acids is 1. The second-order valence-electron chi connectivity index (χ2n) is 6.28. The first-order valence-electron chi connectivity index (χ1n) is 8.74. The van der Waals surface area contributed by atoms with Crippen LogP contribution in [0.3, 0.4) is 0 Å². The number of ether oxygens (including phenoxy) is 1. The summed E-state index contributed by atoms with van der Waals surface area (Å²) in [4.78, 5) is 24.8. The predicted octanol–water partition coefficient (Wildman–Crippen LogP) is 3.79. The van der Waals surface area contributed by atoms with Gasteiger partial charge in [0.15, 0.2) is 0 Å². The zero-order valence-corrected chi connectivity index (χ0v) is 15.4. The maximum absolute atomic E-state index is 13.1. The number of aryl methyl sites for hydroxylation is 1. The predicted molar refractivity (Wildman–Crippen MR) is 101 cm³/mol. The largest absolute Gasteiger partial charge is 0.435 e. The van der Waals surface area contributed by atoms with Gasteiger partial charge in [-0.05, 0) is 61.9 Å². The van der Waals surface area contributed by atoms with E-state index in [4.69, 9.17) is 0 Å². The molecule has 0 aliphatic carbocycles. The van der Waals surface area contributed by atoms with E-state index in [1.165, 1.54) is 53.2 Å². The summed E-state index contributed by atoms with van der Waals surface area (Å²) in [5, 5.41) is 5.55. The van der Waals surface area contributed by atoms with Gasteiger partial charge in [-0.3, -0.25) is 14.7 Å². The standard InChI is InChI=1S/C20H18F3N3O3/c1-12-17(19(28)26(25-12)15-6-2-13(21)3-7-15)10-11-18(27)24-14-4-8-16(9-5-14)29-20(22)23/h2-9,20,25H,10-11H2,1H3,(H,24,27). The first kappa shape index (κ1) is 20.2. The SMILES string of the molecule is Cc1[nH]n(-c2ccc(F)cc2)c(=O)c1CCC(=O)Nc1ccc(OC(F)F)cc1. The third-order valence-corrected chi connectivity index (χ3v) is 4.24. The van der Waals surface area contributed by atoms with Crippen molar-refractivity contribution in [1.29, 1.82) is 0 Å². The molecule has 152 valence electrons. The summed E-state index contributed by atoms with van der Waals surface area (Å²) in [6, 6.07) is 11.0. The number of anilines is 1. The van der Waals surface area contributed by atoms with Gasteiger partial charge < -0.3 is 10.1 Å². The molecule has 2 aromatic carbocycles. The van der Waals surface area contributed by atoms with Crippen molar-refractivity contribution in [2.45, 2.75) is 26.4 Å². The van der Waals surface area contributed by atoms with E-state index in [1.807, 2.05) is 0 Å². The Morgan fingerprint density at radius 3 is 2.41 bits per heavy atom. The highest BCUT2D eigenvalue weighted by atomic mass is 19.3. The van der Waals surface area contributed by atoms with Gasteiger partial charge in [-0.25, -0.2) is 9.07 Å². The number of amides is 1. The van der Waals surface area contributed by atoms with Crippen molar-refractivity contribution in [2.75, 3.05) is 5.32 Å². The van der Waals surface area contributed by atoms with Crippen LogP contribution in [-0.2, 0) is 11.2 Å². The Labute approximate surface area is 163 Å². The molecule has 0 spiro atoms. The van der Waals surface area contributed by atoms with Crippen molar-refractivity contribution in [3.63, 3.8) is 0 Å². The van der Waals surface area contributed by atoms with Crippen molar-refractivity contribution < 1.29 is 22.7 Å². The molecule has 0 atom stereocenters. The fourth-order valence-corrected chi connectivity index (χ4v) is 2.83. The number of benzene rings is 2. The quantitative estimate of drug-likeness (QED) is 0.628. The summed E-state index contributed by atoms with van der Waals surface area (Å²) in [6.45, 7) is -1.20. The number of aromatic amines is 1. The summed E-state index contributed by atoms with van der Waals surface area (Å²) in [5.41, 5.74) is 1.66. The van der Waals surface area contributed by atoms with E-state index in [2.05, 4.69) is 15.2 Å². The summed E-state index contributed by atoms with van der Waals surface area (Å²) in [7, 11) is 0. The lowest BCUT2D eigenvalue weighted by molar-refractivity contribution is -0.116. The van der Waals surface area contributed by atoms with Crippen LogP contribution in [0, 0.1) is 12.7 Å². The Morgan fingerprint density at radius 2 is 1.79 bits per heavy atom. The van der Waals surface area contributed by atoms with E-state index in [1.54, 1.807) is 6.92 Å². The van der Waals surface area contributed by atoms with Gasteiger partial charge in [0.1, 0.15) is 11.6 Å². The lowest BCUT2D eigenvalue weighted by Gasteiger charge is -2.07. The van der Waals surface area contributed by atoms with E-state index in [0.29, 0.717) is 22.6 Å². The molecule has 9 heteroatoms. The number of halogens is 3. The lowest BCUT2D eigenvalue weighted by atomic mass is 10.1. The number of aromatic nitrogens is 2. The number of nitrogens with one attached hydrogen (secondary N) is 2. The van der Waals surface area contributed by atoms with Crippen LogP contribution in [0.2, 0.25) is 0 Å². The number of hydrogen-bond acceptors (Lipinski definition) is 3. The molecule has 1 amide bonds. The molecule has 29 heavy (non-hydrogen) atoms. The smallest absolute Gasteiger partial charge is 0.387 e. The molecule has 0 aliphatic heterocycles. The zero-order valence-electron chi connectivity index (χ0n) is 15.4. The molecule has 3 rings (SSSR count). The van der Waals surface area contributed by atoms with Crippen LogP contribution in [0.5, 0.6) is 5.75 Å². The Kier molecular flexibility index (Phi) is 6.06. The molecule has 0 bridgehead atoms. The van der Waals surface area contributed by atoms with Gasteiger partial charge in [0, 0.05) is 23.4 Å². The maximum Gasteiger partial charge on any atom is 0.387 e. The molecule has 0 fully saturated rings. The van der Waals surface area contributed by atoms with Crippen molar-refractivity contribution in [2.24, 2.45) is 0 Å². The molecular formula is C20H18F3N3O3. The van der Waals surface area contributed by atoms with Crippen LogP contribution in [0.1, 0.15) is 17.7 Å². The van der Waals surface area contributed by atoms with Gasteiger partial charge in [0.25, 0.3) is 5.56 Å². The summed E-state index contributed by atoms with van der Waals surface area (Å²) in [5.74, 6) is -0.751. The van der Waals surface area contributed by atoms with E-state index < -0.39 is 12.4 Å². The molecule has 3 aromatic rings. The highest BCUT2D eigenvalue weighted by Crippen LogP contribution is 2.18.